The van der Waals surface area contributed by atoms with Gasteiger partial charge in [0.25, 0.3) is 0 Å². The molecule has 0 unspecified atom stereocenters. The van der Waals surface area contributed by atoms with Crippen LogP contribution in [0.2, 0.25) is 0 Å². The molecule has 6 nitrogen and oxygen atoms in total. The third-order valence-corrected chi connectivity index (χ3v) is 3.99. The molecule has 0 saturated carbocycles. The topological polar surface area (TPSA) is 109 Å². The average Bonchev–Trinajstić information content (AvgIpc) is 2.50. The van der Waals surface area contributed by atoms with Crippen LogP contribution in [0, 0.1) is 21.7 Å². The quantitative estimate of drug-likeness (QED) is 0.396. The van der Waals surface area contributed by atoms with Gasteiger partial charge in [-0.2, -0.15) is 0 Å². The second-order valence-electron chi connectivity index (χ2n) is 13.2. The van der Waals surface area contributed by atoms with E-state index in [4.69, 9.17) is 10.2 Å². The van der Waals surface area contributed by atoms with Crippen LogP contribution in [0.4, 0.5) is 0 Å². The molecule has 0 bridgehead atoms. The number of aliphatic hydroxyl groups is 2. The summed E-state index contributed by atoms with van der Waals surface area (Å²) >= 11 is 0. The molecular weight excluding hydrogens is 524 g/mol. The van der Waals surface area contributed by atoms with E-state index in [1.54, 1.807) is 27.7 Å². The van der Waals surface area contributed by atoms with Gasteiger partial charge in [-0.1, -0.05) is 83.1 Å². The van der Waals surface area contributed by atoms with E-state index >= 15 is 0 Å². The predicted octanol–water partition coefficient (Wildman–Crippen LogP) is 5.99. The third-order valence-electron chi connectivity index (χ3n) is 3.99. The Labute approximate surface area is 235 Å². The van der Waals surface area contributed by atoms with E-state index in [1.165, 1.54) is 0 Å². The molecule has 35 heavy (non-hydrogen) atoms. The zero-order valence-electron chi connectivity index (χ0n) is 25.6. The first-order valence-electron chi connectivity index (χ1n) is 12.1. The summed E-state index contributed by atoms with van der Waals surface area (Å²) < 4.78 is 0. The van der Waals surface area contributed by atoms with Gasteiger partial charge in [-0.05, 0) is 27.7 Å². The summed E-state index contributed by atoms with van der Waals surface area (Å²) in [5.74, 6) is 0.0831. The van der Waals surface area contributed by atoms with Crippen molar-refractivity contribution in [2.75, 3.05) is 0 Å². The second kappa shape index (κ2) is 18.7. The van der Waals surface area contributed by atoms with E-state index in [0.717, 1.165) is 0 Å². The molecule has 0 aromatic heterocycles. The number of Topliss-reactive ketones (excluding diaryl/α,β-unsaturated/α-hetero) is 4. The smallest absolute Gasteiger partial charge is 0.145 e. The largest absolute Gasteiger partial charge is 0.394 e. The van der Waals surface area contributed by atoms with Crippen LogP contribution in [0.25, 0.3) is 0 Å². The van der Waals surface area contributed by atoms with Gasteiger partial charge in [-0.15, -0.1) is 0 Å². The minimum Gasteiger partial charge on any atom is -0.394 e. The molecule has 2 N–H and O–H groups in total. The van der Waals surface area contributed by atoms with Gasteiger partial charge in [-0.3, -0.25) is 19.2 Å². The molecule has 0 aliphatic rings. The zero-order valence-corrected chi connectivity index (χ0v) is 28.1. The normalized spacial score (nSPS) is 11.5. The van der Waals surface area contributed by atoms with Crippen LogP contribution in [0.1, 0.15) is 124 Å². The molecule has 0 fully saturated rings. The Morgan fingerprint density at radius 3 is 0.600 bits per heavy atom. The summed E-state index contributed by atoms with van der Waals surface area (Å²) in [7, 11) is 0. The summed E-state index contributed by atoms with van der Waals surface area (Å²) in [6.07, 6.45) is -0.208. The zero-order chi connectivity index (χ0) is 28.9. The van der Waals surface area contributed by atoms with Crippen molar-refractivity contribution in [2.24, 2.45) is 21.7 Å². The number of hydrogen-bond donors (Lipinski definition) is 2. The van der Waals surface area contributed by atoms with Gasteiger partial charge in [0, 0.05) is 60.1 Å². The molecular formula is C28H56O6Zr. The number of hydrogen-bond acceptors (Lipinski definition) is 6. The molecule has 0 aromatic carbocycles. The maximum Gasteiger partial charge on any atom is 0.145 e. The van der Waals surface area contributed by atoms with E-state index in [0.29, 0.717) is 0 Å². The summed E-state index contributed by atoms with van der Waals surface area (Å²) in [6, 6.07) is 0. The second-order valence-corrected chi connectivity index (χ2v) is 13.2. The van der Waals surface area contributed by atoms with Crippen molar-refractivity contribution in [1.82, 2.24) is 0 Å². The van der Waals surface area contributed by atoms with Gasteiger partial charge in [0.05, 0.1) is 12.8 Å². The Hall–Kier alpha value is -0.517. The number of rotatable bonds is 4. The predicted molar refractivity (Wildman–Crippen MR) is 142 cm³/mol. The third kappa shape index (κ3) is 33.5. The minimum atomic E-state index is -0.402. The molecule has 0 atom stereocenters. The van der Waals surface area contributed by atoms with Gasteiger partial charge in [0.15, 0.2) is 0 Å². The van der Waals surface area contributed by atoms with E-state index in [-0.39, 0.29) is 74.4 Å². The fourth-order valence-electron chi connectivity index (χ4n) is 1.35. The Balaban J connectivity index is -0.000000128. The number of carbonyl (C=O) groups excluding carboxylic acids is 4. The molecule has 0 rings (SSSR count). The Kier molecular flexibility index (Phi) is 23.7. The SMILES string of the molecule is CC(C)(C)C(=O)CC(=O)C(C)(C)C.CC(C)(C)C(=O)CC(=O)C(C)(C)C.CC(C)O.CC(C)O.[Zr]. The van der Waals surface area contributed by atoms with Crippen molar-refractivity contribution in [1.29, 1.82) is 0 Å². The number of carbonyl (C=O) groups is 4. The fraction of sp³-hybridized carbons (Fsp3) is 0.857. The fourth-order valence-corrected chi connectivity index (χ4v) is 1.35. The van der Waals surface area contributed by atoms with Crippen molar-refractivity contribution in [2.45, 2.75) is 136 Å². The van der Waals surface area contributed by atoms with Crippen molar-refractivity contribution in [3.05, 3.63) is 0 Å². The summed E-state index contributed by atoms with van der Waals surface area (Å²) in [6.45, 7) is 29.0. The van der Waals surface area contributed by atoms with Crippen molar-refractivity contribution >= 4 is 23.1 Å². The standard InChI is InChI=1S/2C11H20O2.2C3H8O.Zr/c2*1-10(2,3)8(12)7-9(13)11(4,5)6;2*1-3(2)4;/h2*7H2,1-6H3;2*3-4H,1-2H3;. The van der Waals surface area contributed by atoms with Crippen LogP contribution < -0.4 is 0 Å². The Bertz CT molecular complexity index is 512. The molecule has 0 heterocycles. The number of ketones is 4. The Morgan fingerprint density at radius 1 is 0.457 bits per heavy atom. The number of aliphatic hydroxyl groups excluding tert-OH is 2. The molecule has 7 heteroatoms. The van der Waals surface area contributed by atoms with Crippen molar-refractivity contribution in [3.8, 4) is 0 Å². The van der Waals surface area contributed by atoms with Gasteiger partial charge in [-0.25, -0.2) is 0 Å². The van der Waals surface area contributed by atoms with Crippen LogP contribution in [0.5, 0.6) is 0 Å². The van der Waals surface area contributed by atoms with Gasteiger partial charge >= 0.3 is 0 Å². The molecule has 208 valence electrons. The monoisotopic (exact) mass is 578 g/mol. The molecule has 0 aliphatic carbocycles. The first kappa shape index (κ1) is 44.5. The summed E-state index contributed by atoms with van der Waals surface area (Å²) in [4.78, 5) is 46.0. The maximum absolute atomic E-state index is 11.5. The van der Waals surface area contributed by atoms with Crippen LogP contribution in [-0.4, -0.2) is 45.6 Å². The van der Waals surface area contributed by atoms with Gasteiger partial charge in [0.1, 0.15) is 23.1 Å². The molecule has 0 aliphatic heterocycles. The average molecular weight is 580 g/mol. The minimum absolute atomic E-state index is 0. The van der Waals surface area contributed by atoms with Crippen LogP contribution in [-0.2, 0) is 45.4 Å². The molecule has 0 spiro atoms. The molecule has 0 saturated heterocycles. The maximum atomic E-state index is 11.5. The molecule has 0 radical (unpaired) electrons. The van der Waals surface area contributed by atoms with Gasteiger partial charge < -0.3 is 10.2 Å². The first-order chi connectivity index (χ1) is 14.6. The van der Waals surface area contributed by atoms with E-state index in [9.17, 15) is 19.2 Å². The van der Waals surface area contributed by atoms with Crippen molar-refractivity contribution in [3.63, 3.8) is 0 Å². The summed E-state index contributed by atoms with van der Waals surface area (Å²) in [5, 5.41) is 16.1. The molecule has 0 amide bonds. The summed E-state index contributed by atoms with van der Waals surface area (Å²) in [5.41, 5.74) is -1.61. The van der Waals surface area contributed by atoms with Crippen LogP contribution >= 0.6 is 0 Å². The Morgan fingerprint density at radius 2 is 0.543 bits per heavy atom. The van der Waals surface area contributed by atoms with Gasteiger partial charge in [0.2, 0.25) is 0 Å². The van der Waals surface area contributed by atoms with Crippen molar-refractivity contribution < 1.29 is 55.6 Å². The van der Waals surface area contributed by atoms with Crippen LogP contribution in [0.15, 0.2) is 0 Å². The molecule has 0 aromatic rings. The van der Waals surface area contributed by atoms with Crippen LogP contribution in [0.3, 0.4) is 0 Å². The van der Waals surface area contributed by atoms with E-state index in [2.05, 4.69) is 0 Å². The van der Waals surface area contributed by atoms with E-state index in [1.807, 2.05) is 83.1 Å². The van der Waals surface area contributed by atoms with E-state index < -0.39 is 21.7 Å². The first-order valence-corrected chi connectivity index (χ1v) is 12.1.